The fourth-order valence-corrected chi connectivity index (χ4v) is 3.81. The number of thiophene rings is 1. The average Bonchev–Trinajstić information content (AvgIpc) is 2.93. The highest BCUT2D eigenvalue weighted by atomic mass is 32.1. The molecule has 2 nitrogen and oxygen atoms in total. The van der Waals surface area contributed by atoms with E-state index in [0.717, 1.165) is 22.6 Å². The van der Waals surface area contributed by atoms with E-state index in [9.17, 15) is 0 Å². The number of aromatic nitrogens is 2. The Labute approximate surface area is 133 Å². The van der Waals surface area contributed by atoms with Crippen LogP contribution in [-0.2, 0) is 0 Å². The second-order valence-electron chi connectivity index (χ2n) is 5.73. The maximum Gasteiger partial charge on any atom is 0.132 e. The molecule has 4 rings (SSSR count). The van der Waals surface area contributed by atoms with Gasteiger partial charge in [0, 0.05) is 21.6 Å². The van der Waals surface area contributed by atoms with Crippen LogP contribution in [-0.4, -0.2) is 9.97 Å². The molecule has 0 radical (unpaired) electrons. The lowest BCUT2D eigenvalue weighted by Crippen LogP contribution is -1.99. The Bertz CT molecular complexity index is 955. The lowest BCUT2D eigenvalue weighted by molar-refractivity contribution is 0.785. The molecule has 0 unspecified atom stereocenters. The highest BCUT2D eigenvalue weighted by Gasteiger charge is 2.16. The Morgan fingerprint density at radius 1 is 0.864 bits per heavy atom. The molecule has 0 aliphatic carbocycles. The molecule has 0 atom stereocenters. The molecule has 0 saturated carbocycles. The van der Waals surface area contributed by atoms with E-state index >= 15 is 0 Å². The Kier molecular flexibility index (Phi) is 3.16. The molecule has 4 aromatic rings. The van der Waals surface area contributed by atoms with Gasteiger partial charge >= 0.3 is 0 Å². The van der Waals surface area contributed by atoms with E-state index in [-0.39, 0.29) is 0 Å². The fraction of sp³-hybridized carbons (Fsp3) is 0.158. The van der Waals surface area contributed by atoms with Gasteiger partial charge in [0.05, 0.1) is 15.9 Å². The van der Waals surface area contributed by atoms with Gasteiger partial charge in [-0.15, -0.1) is 11.3 Å². The third kappa shape index (κ3) is 2.09. The second-order valence-corrected chi connectivity index (χ2v) is 6.78. The van der Waals surface area contributed by atoms with Crippen molar-refractivity contribution in [3.63, 3.8) is 0 Å². The van der Waals surface area contributed by atoms with E-state index in [1.54, 1.807) is 11.3 Å². The SMILES string of the molecule is CC(C)c1nc(-c2ccccc2)c2sc3ccccc3c2n1. The van der Waals surface area contributed by atoms with Crippen LogP contribution in [0.25, 0.3) is 31.6 Å². The van der Waals surface area contributed by atoms with Crippen LogP contribution in [0.5, 0.6) is 0 Å². The Morgan fingerprint density at radius 2 is 1.59 bits per heavy atom. The summed E-state index contributed by atoms with van der Waals surface area (Å²) in [7, 11) is 0. The highest BCUT2D eigenvalue weighted by Crippen LogP contribution is 2.38. The molecule has 2 heterocycles. The van der Waals surface area contributed by atoms with Gasteiger partial charge in [-0.05, 0) is 6.07 Å². The van der Waals surface area contributed by atoms with Crippen LogP contribution in [0, 0.1) is 0 Å². The smallest absolute Gasteiger partial charge is 0.132 e. The molecule has 2 aromatic heterocycles. The van der Waals surface area contributed by atoms with Crippen molar-refractivity contribution in [2.45, 2.75) is 19.8 Å². The molecular formula is C19H16N2S. The van der Waals surface area contributed by atoms with E-state index in [0.29, 0.717) is 5.92 Å². The molecule has 0 aliphatic heterocycles. The summed E-state index contributed by atoms with van der Waals surface area (Å²) in [6.07, 6.45) is 0. The first-order valence-corrected chi connectivity index (χ1v) is 8.30. The summed E-state index contributed by atoms with van der Waals surface area (Å²) in [5, 5.41) is 1.23. The number of benzene rings is 2. The third-order valence-corrected chi connectivity index (χ3v) is 4.97. The van der Waals surface area contributed by atoms with Gasteiger partial charge in [-0.3, -0.25) is 0 Å². The molecule has 0 bridgehead atoms. The molecule has 0 amide bonds. The van der Waals surface area contributed by atoms with Crippen LogP contribution in [0.4, 0.5) is 0 Å². The summed E-state index contributed by atoms with van der Waals surface area (Å²) < 4.78 is 2.45. The molecule has 22 heavy (non-hydrogen) atoms. The molecule has 0 saturated heterocycles. The number of hydrogen-bond donors (Lipinski definition) is 0. The zero-order valence-corrected chi connectivity index (χ0v) is 13.4. The van der Waals surface area contributed by atoms with E-state index < -0.39 is 0 Å². The second kappa shape index (κ2) is 5.18. The van der Waals surface area contributed by atoms with E-state index in [1.807, 2.05) is 6.07 Å². The molecule has 0 aliphatic rings. The quantitative estimate of drug-likeness (QED) is 0.479. The summed E-state index contributed by atoms with van der Waals surface area (Å²) >= 11 is 1.78. The van der Waals surface area contributed by atoms with Crippen LogP contribution in [0.1, 0.15) is 25.6 Å². The van der Waals surface area contributed by atoms with Crippen molar-refractivity contribution >= 4 is 31.6 Å². The first-order valence-electron chi connectivity index (χ1n) is 7.48. The summed E-state index contributed by atoms with van der Waals surface area (Å²) in [4.78, 5) is 9.71. The molecule has 0 spiro atoms. The van der Waals surface area contributed by atoms with Crippen LogP contribution in [0.2, 0.25) is 0 Å². The van der Waals surface area contributed by atoms with E-state index in [1.165, 1.54) is 14.8 Å². The minimum atomic E-state index is 0.311. The summed E-state index contributed by atoms with van der Waals surface area (Å²) in [6.45, 7) is 4.29. The van der Waals surface area contributed by atoms with Crippen LogP contribution < -0.4 is 0 Å². The molecule has 0 fully saturated rings. The standard InChI is InChI=1S/C19H16N2S/c1-12(2)19-20-16(13-8-4-3-5-9-13)18-17(21-19)14-10-6-7-11-15(14)22-18/h3-12H,1-2H3. The zero-order chi connectivity index (χ0) is 15.1. The minimum Gasteiger partial charge on any atom is -0.231 e. The maximum atomic E-state index is 4.87. The monoisotopic (exact) mass is 304 g/mol. The minimum absolute atomic E-state index is 0.311. The van der Waals surface area contributed by atoms with Gasteiger partial charge in [0.15, 0.2) is 0 Å². The van der Waals surface area contributed by atoms with Crippen LogP contribution >= 0.6 is 11.3 Å². The first kappa shape index (κ1) is 13.4. The maximum absolute atomic E-state index is 4.87. The van der Waals surface area contributed by atoms with Crippen molar-refractivity contribution in [1.82, 2.24) is 9.97 Å². The summed E-state index contributed by atoms with van der Waals surface area (Å²) in [5.74, 6) is 1.22. The number of nitrogens with zero attached hydrogens (tertiary/aromatic N) is 2. The van der Waals surface area contributed by atoms with Crippen LogP contribution in [0.3, 0.4) is 0 Å². The van der Waals surface area contributed by atoms with Crippen molar-refractivity contribution in [2.75, 3.05) is 0 Å². The Balaban J connectivity index is 2.14. The van der Waals surface area contributed by atoms with Crippen molar-refractivity contribution < 1.29 is 0 Å². The van der Waals surface area contributed by atoms with Gasteiger partial charge in [-0.2, -0.15) is 0 Å². The normalized spacial score (nSPS) is 11.6. The van der Waals surface area contributed by atoms with Gasteiger partial charge in [-0.1, -0.05) is 62.4 Å². The van der Waals surface area contributed by atoms with Gasteiger partial charge < -0.3 is 0 Å². The zero-order valence-electron chi connectivity index (χ0n) is 12.6. The van der Waals surface area contributed by atoms with Crippen molar-refractivity contribution in [3.8, 4) is 11.3 Å². The van der Waals surface area contributed by atoms with Gasteiger partial charge in [-0.25, -0.2) is 9.97 Å². The number of fused-ring (bicyclic) bond motifs is 3. The number of hydrogen-bond acceptors (Lipinski definition) is 3. The van der Waals surface area contributed by atoms with E-state index in [4.69, 9.17) is 9.97 Å². The van der Waals surface area contributed by atoms with E-state index in [2.05, 4.69) is 62.4 Å². The predicted molar refractivity (Wildman–Crippen MR) is 94.4 cm³/mol. The van der Waals surface area contributed by atoms with Crippen molar-refractivity contribution in [2.24, 2.45) is 0 Å². The molecular weight excluding hydrogens is 288 g/mol. The van der Waals surface area contributed by atoms with Crippen molar-refractivity contribution in [3.05, 3.63) is 60.4 Å². The van der Waals surface area contributed by atoms with Crippen LogP contribution in [0.15, 0.2) is 54.6 Å². The van der Waals surface area contributed by atoms with Gasteiger partial charge in [0.1, 0.15) is 5.82 Å². The topological polar surface area (TPSA) is 25.8 Å². The Hall–Kier alpha value is -2.26. The Morgan fingerprint density at radius 3 is 2.36 bits per heavy atom. The summed E-state index contributed by atoms with van der Waals surface area (Å²) in [6, 6.07) is 18.9. The van der Waals surface area contributed by atoms with Crippen molar-refractivity contribution in [1.29, 1.82) is 0 Å². The summed E-state index contributed by atoms with van der Waals surface area (Å²) in [5.41, 5.74) is 3.29. The molecule has 3 heteroatoms. The lowest BCUT2D eigenvalue weighted by atomic mass is 10.1. The number of rotatable bonds is 2. The highest BCUT2D eigenvalue weighted by molar-refractivity contribution is 7.26. The molecule has 108 valence electrons. The average molecular weight is 304 g/mol. The van der Waals surface area contributed by atoms with Gasteiger partial charge in [0.25, 0.3) is 0 Å². The lowest BCUT2D eigenvalue weighted by Gasteiger charge is -2.08. The molecule has 0 N–H and O–H groups in total. The predicted octanol–water partition coefficient (Wildman–Crippen LogP) is 5.63. The van der Waals surface area contributed by atoms with Gasteiger partial charge in [0.2, 0.25) is 0 Å². The largest absolute Gasteiger partial charge is 0.231 e. The fourth-order valence-electron chi connectivity index (χ4n) is 2.66. The molecule has 2 aromatic carbocycles. The third-order valence-electron chi connectivity index (χ3n) is 3.80. The first-order chi connectivity index (χ1) is 10.7.